The number of benzene rings is 2. The average molecular weight is 429 g/mol. The standard InChI is InChI=1S/C22H28N4O3S/c1-30(29)21-10-9-17(16-19(21)24-22(23)28)20(27)8-5-11-25-12-14-26(15-13-25)18-6-3-2-4-7-18/h2-4,6-7,9-10,16H,5,8,11-15H2,1H3,(H3,23,24,28). The van der Waals surface area contributed by atoms with Crippen molar-refractivity contribution >= 4 is 34.0 Å². The zero-order chi connectivity index (χ0) is 21.5. The van der Waals surface area contributed by atoms with E-state index in [2.05, 4.69) is 39.4 Å². The normalized spacial score (nSPS) is 15.6. The lowest BCUT2D eigenvalue weighted by molar-refractivity contribution is 0.0974. The van der Waals surface area contributed by atoms with E-state index in [1.165, 1.54) is 11.9 Å². The molecule has 8 heteroatoms. The zero-order valence-corrected chi connectivity index (χ0v) is 18.0. The lowest BCUT2D eigenvalue weighted by atomic mass is 10.1. The molecule has 1 atom stereocenters. The molecule has 1 fully saturated rings. The molecule has 3 N–H and O–H groups in total. The minimum absolute atomic E-state index is 0.00104. The Bertz CT molecular complexity index is 912. The second-order valence-electron chi connectivity index (χ2n) is 7.35. The van der Waals surface area contributed by atoms with Crippen molar-refractivity contribution in [3.05, 3.63) is 54.1 Å². The van der Waals surface area contributed by atoms with E-state index in [0.29, 0.717) is 22.6 Å². The predicted octanol–water partition coefficient (Wildman–Crippen LogP) is 2.70. The van der Waals surface area contributed by atoms with Gasteiger partial charge in [-0.05, 0) is 37.2 Å². The Morgan fingerprint density at radius 3 is 2.40 bits per heavy atom. The maximum atomic E-state index is 12.6. The van der Waals surface area contributed by atoms with Gasteiger partial charge in [-0.2, -0.15) is 0 Å². The van der Waals surface area contributed by atoms with E-state index < -0.39 is 16.8 Å². The fourth-order valence-electron chi connectivity index (χ4n) is 3.66. The molecule has 0 aromatic heterocycles. The molecule has 1 aliphatic heterocycles. The summed E-state index contributed by atoms with van der Waals surface area (Å²) in [6, 6.07) is 14.5. The SMILES string of the molecule is CS(=O)c1ccc(C(=O)CCCN2CCN(c3ccccc3)CC2)cc1NC(N)=O. The van der Waals surface area contributed by atoms with Crippen LogP contribution in [0.2, 0.25) is 0 Å². The summed E-state index contributed by atoms with van der Waals surface area (Å²) >= 11 is 0. The Labute approximate surface area is 179 Å². The number of carbonyl (C=O) groups excluding carboxylic acids is 2. The third-order valence-electron chi connectivity index (χ3n) is 5.24. The quantitative estimate of drug-likeness (QED) is 0.631. The van der Waals surface area contributed by atoms with Gasteiger partial charge < -0.3 is 16.0 Å². The number of rotatable bonds is 8. The molecule has 7 nitrogen and oxygen atoms in total. The number of anilines is 2. The van der Waals surface area contributed by atoms with Gasteiger partial charge in [-0.25, -0.2) is 4.79 Å². The number of carbonyl (C=O) groups is 2. The summed E-state index contributed by atoms with van der Waals surface area (Å²) in [6.07, 6.45) is 2.70. The highest BCUT2D eigenvalue weighted by Gasteiger charge is 2.18. The molecule has 3 rings (SSSR count). The van der Waals surface area contributed by atoms with Gasteiger partial charge in [-0.1, -0.05) is 24.3 Å². The van der Waals surface area contributed by atoms with E-state index >= 15 is 0 Å². The van der Waals surface area contributed by atoms with Gasteiger partial charge in [0.25, 0.3) is 0 Å². The van der Waals surface area contributed by atoms with Gasteiger partial charge in [0, 0.05) is 50.1 Å². The van der Waals surface area contributed by atoms with E-state index in [-0.39, 0.29) is 5.78 Å². The highest BCUT2D eigenvalue weighted by Crippen LogP contribution is 2.22. The number of piperazine rings is 1. The van der Waals surface area contributed by atoms with Crippen LogP contribution in [0.5, 0.6) is 0 Å². The van der Waals surface area contributed by atoms with Gasteiger partial charge in [-0.3, -0.25) is 13.9 Å². The molecule has 0 saturated carbocycles. The highest BCUT2D eigenvalue weighted by atomic mass is 32.2. The molecule has 1 heterocycles. The molecule has 1 aliphatic rings. The summed E-state index contributed by atoms with van der Waals surface area (Å²) < 4.78 is 11.8. The zero-order valence-electron chi connectivity index (χ0n) is 17.2. The van der Waals surface area contributed by atoms with Crippen LogP contribution in [0, 0.1) is 0 Å². The van der Waals surface area contributed by atoms with Crippen molar-refractivity contribution in [3.63, 3.8) is 0 Å². The number of primary amides is 1. The van der Waals surface area contributed by atoms with Gasteiger partial charge >= 0.3 is 6.03 Å². The van der Waals surface area contributed by atoms with Crippen LogP contribution >= 0.6 is 0 Å². The second-order valence-corrected chi connectivity index (χ2v) is 8.69. The van der Waals surface area contributed by atoms with Gasteiger partial charge in [0.15, 0.2) is 5.78 Å². The number of nitrogens with zero attached hydrogens (tertiary/aromatic N) is 2. The van der Waals surface area contributed by atoms with Crippen LogP contribution in [0.15, 0.2) is 53.4 Å². The molecule has 30 heavy (non-hydrogen) atoms. The van der Waals surface area contributed by atoms with Crippen molar-refractivity contribution < 1.29 is 13.8 Å². The molecule has 2 aromatic carbocycles. The van der Waals surface area contributed by atoms with Crippen molar-refractivity contribution in [1.29, 1.82) is 0 Å². The Balaban J connectivity index is 1.49. The molecule has 1 unspecified atom stereocenters. The first-order valence-electron chi connectivity index (χ1n) is 10.0. The minimum Gasteiger partial charge on any atom is -0.369 e. The van der Waals surface area contributed by atoms with Gasteiger partial charge in [0.05, 0.1) is 21.4 Å². The molecule has 0 spiro atoms. The minimum atomic E-state index is -1.30. The first-order valence-corrected chi connectivity index (χ1v) is 11.6. The maximum absolute atomic E-state index is 12.6. The van der Waals surface area contributed by atoms with Crippen molar-refractivity contribution in [2.24, 2.45) is 5.73 Å². The Hall–Kier alpha value is -2.71. The monoisotopic (exact) mass is 428 g/mol. The van der Waals surface area contributed by atoms with Gasteiger partial charge in [0.1, 0.15) is 0 Å². The fourth-order valence-corrected chi connectivity index (χ4v) is 4.34. The summed E-state index contributed by atoms with van der Waals surface area (Å²) in [5.41, 5.74) is 7.25. The van der Waals surface area contributed by atoms with Crippen molar-refractivity contribution in [3.8, 4) is 0 Å². The molecule has 2 amide bonds. The largest absolute Gasteiger partial charge is 0.369 e. The number of para-hydroxylation sites is 1. The highest BCUT2D eigenvalue weighted by molar-refractivity contribution is 7.84. The van der Waals surface area contributed by atoms with Crippen LogP contribution in [0.3, 0.4) is 0 Å². The van der Waals surface area contributed by atoms with Crippen molar-refractivity contribution in [2.75, 3.05) is 49.2 Å². The van der Waals surface area contributed by atoms with E-state index in [4.69, 9.17) is 5.73 Å². The second kappa shape index (κ2) is 10.4. The Morgan fingerprint density at radius 2 is 1.77 bits per heavy atom. The third-order valence-corrected chi connectivity index (χ3v) is 6.22. The number of ketones is 1. The van der Waals surface area contributed by atoms with Crippen LogP contribution in [0.1, 0.15) is 23.2 Å². The van der Waals surface area contributed by atoms with Crippen LogP contribution in [-0.4, -0.2) is 59.9 Å². The molecule has 0 bridgehead atoms. The lowest BCUT2D eigenvalue weighted by Gasteiger charge is -2.36. The molecular weight excluding hydrogens is 400 g/mol. The van der Waals surface area contributed by atoms with Gasteiger partial charge in [0.2, 0.25) is 0 Å². The Kier molecular flexibility index (Phi) is 7.59. The van der Waals surface area contributed by atoms with Crippen LogP contribution in [-0.2, 0) is 10.8 Å². The van der Waals surface area contributed by atoms with Crippen molar-refractivity contribution in [2.45, 2.75) is 17.7 Å². The molecule has 1 saturated heterocycles. The summed E-state index contributed by atoms with van der Waals surface area (Å²) in [5.74, 6) is -0.00104. The number of nitrogens with two attached hydrogens (primary N) is 1. The summed E-state index contributed by atoms with van der Waals surface area (Å²) in [6.45, 7) is 4.79. The average Bonchev–Trinajstić information content (AvgIpc) is 2.74. The smallest absolute Gasteiger partial charge is 0.316 e. The molecule has 0 radical (unpaired) electrons. The summed E-state index contributed by atoms with van der Waals surface area (Å²) in [5, 5.41) is 2.46. The summed E-state index contributed by atoms with van der Waals surface area (Å²) in [7, 11) is -1.30. The van der Waals surface area contributed by atoms with E-state index in [1.54, 1.807) is 18.2 Å². The number of amides is 2. The molecule has 2 aromatic rings. The third kappa shape index (κ3) is 5.90. The van der Waals surface area contributed by atoms with Crippen LogP contribution in [0.25, 0.3) is 0 Å². The molecular formula is C22H28N4O3S. The van der Waals surface area contributed by atoms with Crippen molar-refractivity contribution in [1.82, 2.24) is 4.90 Å². The number of hydrogen-bond acceptors (Lipinski definition) is 5. The number of nitrogens with one attached hydrogen (secondary N) is 1. The van der Waals surface area contributed by atoms with Gasteiger partial charge in [-0.15, -0.1) is 0 Å². The maximum Gasteiger partial charge on any atom is 0.316 e. The lowest BCUT2D eigenvalue weighted by Crippen LogP contribution is -2.46. The number of hydrogen-bond donors (Lipinski definition) is 2. The van der Waals surface area contributed by atoms with E-state index in [9.17, 15) is 13.8 Å². The predicted molar refractivity (Wildman–Crippen MR) is 121 cm³/mol. The van der Waals surface area contributed by atoms with E-state index in [1.807, 2.05) is 6.07 Å². The molecule has 0 aliphatic carbocycles. The first-order chi connectivity index (χ1) is 14.4. The van der Waals surface area contributed by atoms with Crippen LogP contribution in [0.4, 0.5) is 16.2 Å². The fraction of sp³-hybridized carbons (Fsp3) is 0.364. The van der Waals surface area contributed by atoms with Crippen LogP contribution < -0.4 is 16.0 Å². The number of urea groups is 1. The summed E-state index contributed by atoms with van der Waals surface area (Å²) in [4.78, 5) is 29.0. The first kappa shape index (κ1) is 22.0. The topological polar surface area (TPSA) is 95.7 Å². The molecule has 160 valence electrons. The Morgan fingerprint density at radius 1 is 1.07 bits per heavy atom. The van der Waals surface area contributed by atoms with E-state index in [0.717, 1.165) is 39.1 Å². The number of Topliss-reactive ketones (excluding diaryl/α,β-unsaturated/α-hetero) is 1.